The van der Waals surface area contributed by atoms with Crippen LogP contribution in [0.2, 0.25) is 5.02 Å². The van der Waals surface area contributed by atoms with Crippen molar-refractivity contribution in [3.05, 3.63) is 64.3 Å². The van der Waals surface area contributed by atoms with Gasteiger partial charge in [-0.25, -0.2) is 0 Å². The zero-order chi connectivity index (χ0) is 24.2. The Morgan fingerprint density at radius 2 is 1.74 bits per heavy atom. The van der Waals surface area contributed by atoms with Gasteiger partial charge in [0.15, 0.2) is 0 Å². The Balaban J connectivity index is 1.39. The van der Waals surface area contributed by atoms with E-state index in [1.165, 1.54) is 41.3 Å². The van der Waals surface area contributed by atoms with E-state index < -0.39 is 5.97 Å². The van der Waals surface area contributed by atoms with E-state index in [9.17, 15) is 4.79 Å². The van der Waals surface area contributed by atoms with Gasteiger partial charge in [0.2, 0.25) is 0 Å². The second-order valence-corrected chi connectivity index (χ2v) is 10.6. The molecule has 0 saturated carbocycles. The maximum absolute atomic E-state index is 11.1. The van der Waals surface area contributed by atoms with Crippen LogP contribution in [0, 0.1) is 5.92 Å². The molecule has 186 valence electrons. The van der Waals surface area contributed by atoms with E-state index >= 15 is 0 Å². The number of aromatic nitrogens is 2. The second kappa shape index (κ2) is 11.1. The highest BCUT2D eigenvalue weighted by molar-refractivity contribution is 6.30. The van der Waals surface area contributed by atoms with Gasteiger partial charge < -0.3 is 10.4 Å². The molecule has 2 aliphatic heterocycles. The van der Waals surface area contributed by atoms with Crippen LogP contribution in [-0.4, -0.2) is 58.5 Å². The van der Waals surface area contributed by atoms with Crippen molar-refractivity contribution in [1.29, 1.82) is 0 Å². The number of carboxylic acids is 1. The number of aliphatic carboxylic acids is 1. The van der Waals surface area contributed by atoms with Gasteiger partial charge in [0.25, 0.3) is 0 Å². The van der Waals surface area contributed by atoms with E-state index in [-0.39, 0.29) is 6.54 Å². The molecular weight excluding hydrogens is 460 g/mol. The van der Waals surface area contributed by atoms with Gasteiger partial charge in [0.1, 0.15) is 0 Å². The third-order valence-corrected chi connectivity index (χ3v) is 7.98. The summed E-state index contributed by atoms with van der Waals surface area (Å²) in [4.78, 5) is 13.1. The maximum Gasteiger partial charge on any atom is 0.317 e. The van der Waals surface area contributed by atoms with Crippen LogP contribution in [0.25, 0.3) is 10.9 Å². The Morgan fingerprint density at radius 1 is 1.03 bits per heavy atom. The van der Waals surface area contributed by atoms with Gasteiger partial charge >= 0.3 is 5.97 Å². The summed E-state index contributed by atoms with van der Waals surface area (Å²) in [5.41, 5.74) is 4.93. The molecule has 0 amide bonds. The van der Waals surface area contributed by atoms with Crippen molar-refractivity contribution in [3.63, 3.8) is 0 Å². The molecule has 2 aliphatic rings. The summed E-state index contributed by atoms with van der Waals surface area (Å²) in [6, 6.07) is 14.9. The number of carbonyl (C=O) groups is 1. The number of benzene rings is 2. The van der Waals surface area contributed by atoms with Gasteiger partial charge in [-0.2, -0.15) is 5.10 Å². The molecule has 5 rings (SSSR count). The number of carboxylic acid groups (broad SMARTS) is 1. The van der Waals surface area contributed by atoms with Crippen LogP contribution in [0.5, 0.6) is 0 Å². The summed E-state index contributed by atoms with van der Waals surface area (Å²) < 4.78 is 2.16. The first kappa shape index (κ1) is 24.3. The van der Waals surface area contributed by atoms with Gasteiger partial charge in [0.05, 0.1) is 24.3 Å². The number of halogens is 1. The SMILES string of the molecule is O=C(O)CN1CCC(c2nn(Cc3ccc(Cl)cc3)c3cc(CCC4CCNCC4)ccc23)CC1. The number of piperidine rings is 2. The quantitative estimate of drug-likeness (QED) is 0.464. The normalized spacial score (nSPS) is 18.3. The fourth-order valence-electron chi connectivity index (χ4n) is 5.68. The standard InChI is InChI=1S/C28H35ClN4O2/c29-24-6-3-22(4-7-24)18-33-26-17-21(2-1-20-9-13-30-14-10-20)5-8-25(26)28(31-33)23-11-15-32(16-12-23)19-27(34)35/h3-8,17,20,23,30H,1-2,9-16,18-19H2,(H,34,35). The predicted molar refractivity (Wildman–Crippen MR) is 140 cm³/mol. The fraction of sp³-hybridized carbons (Fsp3) is 0.500. The lowest BCUT2D eigenvalue weighted by Gasteiger charge is -2.30. The molecule has 7 heteroatoms. The van der Waals surface area contributed by atoms with Crippen LogP contribution < -0.4 is 5.32 Å². The molecule has 3 heterocycles. The van der Waals surface area contributed by atoms with Crippen LogP contribution >= 0.6 is 11.6 Å². The molecule has 2 fully saturated rings. The van der Waals surface area contributed by atoms with E-state index in [4.69, 9.17) is 21.8 Å². The topological polar surface area (TPSA) is 70.4 Å². The van der Waals surface area contributed by atoms with Crippen molar-refractivity contribution < 1.29 is 9.90 Å². The van der Waals surface area contributed by atoms with Gasteiger partial charge in [-0.15, -0.1) is 0 Å². The van der Waals surface area contributed by atoms with Crippen molar-refractivity contribution in [2.45, 2.75) is 51.0 Å². The highest BCUT2D eigenvalue weighted by Gasteiger charge is 2.26. The molecule has 0 bridgehead atoms. The minimum Gasteiger partial charge on any atom is -0.480 e. The molecule has 2 N–H and O–H groups in total. The first-order valence-electron chi connectivity index (χ1n) is 12.9. The summed E-state index contributed by atoms with van der Waals surface area (Å²) in [5.74, 6) is 0.422. The molecule has 0 unspecified atom stereocenters. The highest BCUT2D eigenvalue weighted by Crippen LogP contribution is 2.34. The number of likely N-dealkylation sites (tertiary alicyclic amines) is 1. The zero-order valence-corrected chi connectivity index (χ0v) is 21.0. The number of nitrogens with one attached hydrogen (secondary N) is 1. The number of rotatable bonds is 8. The van der Waals surface area contributed by atoms with Gasteiger partial charge in [-0.3, -0.25) is 14.4 Å². The lowest BCUT2D eigenvalue weighted by molar-refractivity contribution is -0.138. The van der Waals surface area contributed by atoms with Gasteiger partial charge in [0, 0.05) is 16.3 Å². The third-order valence-electron chi connectivity index (χ3n) is 7.72. The summed E-state index contributed by atoms with van der Waals surface area (Å²) in [7, 11) is 0. The van der Waals surface area contributed by atoms with Crippen LogP contribution in [0.3, 0.4) is 0 Å². The molecule has 1 aromatic heterocycles. The molecule has 2 aromatic carbocycles. The molecule has 6 nitrogen and oxygen atoms in total. The van der Waals surface area contributed by atoms with Crippen LogP contribution in [0.15, 0.2) is 42.5 Å². The molecule has 35 heavy (non-hydrogen) atoms. The van der Waals surface area contributed by atoms with Crippen molar-refractivity contribution in [2.75, 3.05) is 32.7 Å². The van der Waals surface area contributed by atoms with Gasteiger partial charge in [-0.1, -0.05) is 35.9 Å². The molecule has 0 atom stereocenters. The molecule has 2 saturated heterocycles. The first-order valence-corrected chi connectivity index (χ1v) is 13.3. The lowest BCUT2D eigenvalue weighted by Crippen LogP contribution is -2.36. The fourth-order valence-corrected chi connectivity index (χ4v) is 5.81. The van der Waals surface area contributed by atoms with Crippen LogP contribution in [0.4, 0.5) is 0 Å². The Kier molecular flexibility index (Phi) is 7.71. The maximum atomic E-state index is 11.1. The average Bonchev–Trinajstić information content (AvgIpc) is 3.22. The number of nitrogens with zero attached hydrogens (tertiary/aromatic N) is 3. The van der Waals surface area contributed by atoms with Crippen LogP contribution in [-0.2, 0) is 17.8 Å². The minimum absolute atomic E-state index is 0.124. The van der Waals surface area contributed by atoms with Crippen molar-refractivity contribution >= 4 is 28.5 Å². The summed E-state index contributed by atoms with van der Waals surface area (Å²) >= 11 is 6.11. The number of hydrogen-bond donors (Lipinski definition) is 2. The summed E-state index contributed by atoms with van der Waals surface area (Å²) in [6.07, 6.45) is 6.79. The monoisotopic (exact) mass is 494 g/mol. The Morgan fingerprint density at radius 3 is 2.46 bits per heavy atom. The van der Waals surface area contributed by atoms with Crippen molar-refractivity contribution in [3.8, 4) is 0 Å². The minimum atomic E-state index is -0.752. The lowest BCUT2D eigenvalue weighted by atomic mass is 9.90. The van der Waals surface area contributed by atoms with Crippen molar-refractivity contribution in [2.24, 2.45) is 5.92 Å². The Hall–Kier alpha value is -2.41. The summed E-state index contributed by atoms with van der Waals surface area (Å²) in [5, 5.41) is 19.7. The molecule has 3 aromatic rings. The average molecular weight is 495 g/mol. The van der Waals surface area contributed by atoms with E-state index in [0.717, 1.165) is 62.1 Å². The molecule has 0 aliphatic carbocycles. The van der Waals surface area contributed by atoms with E-state index in [0.29, 0.717) is 12.5 Å². The van der Waals surface area contributed by atoms with E-state index in [1.54, 1.807) is 0 Å². The molecule has 0 radical (unpaired) electrons. The van der Waals surface area contributed by atoms with E-state index in [2.05, 4.69) is 40.3 Å². The van der Waals surface area contributed by atoms with Crippen molar-refractivity contribution in [1.82, 2.24) is 20.0 Å². The zero-order valence-electron chi connectivity index (χ0n) is 20.3. The third kappa shape index (κ3) is 6.05. The van der Waals surface area contributed by atoms with Gasteiger partial charge in [-0.05, 0) is 99.9 Å². The predicted octanol–water partition coefficient (Wildman–Crippen LogP) is 4.93. The molecular formula is C28H35ClN4O2. The largest absolute Gasteiger partial charge is 0.480 e. The van der Waals surface area contributed by atoms with E-state index in [1.807, 2.05) is 17.0 Å². The second-order valence-electron chi connectivity index (χ2n) is 10.2. The highest BCUT2D eigenvalue weighted by atomic mass is 35.5. The Labute approximate surface area is 212 Å². The summed E-state index contributed by atoms with van der Waals surface area (Å²) in [6.45, 7) is 4.73. The molecule has 0 spiro atoms. The number of fused-ring (bicyclic) bond motifs is 1. The smallest absolute Gasteiger partial charge is 0.317 e. The Bertz CT molecular complexity index is 1150. The number of aryl methyl sites for hydroxylation is 1. The number of hydrogen-bond acceptors (Lipinski definition) is 4. The van der Waals surface area contributed by atoms with Crippen LogP contribution in [0.1, 0.15) is 54.8 Å². The first-order chi connectivity index (χ1) is 17.0.